The molecule has 0 amide bonds. The average molecular weight is 295 g/mol. The van der Waals surface area contributed by atoms with Crippen molar-refractivity contribution in [3.05, 3.63) is 0 Å². The van der Waals surface area contributed by atoms with Crippen molar-refractivity contribution in [1.82, 2.24) is 5.32 Å². The monoisotopic (exact) mass is 295 g/mol. The van der Waals surface area contributed by atoms with Crippen molar-refractivity contribution in [2.24, 2.45) is 0 Å². The molecular weight excluding hydrogens is 261 g/mol. The number of carboxylic acid groups (broad SMARTS) is 1. The van der Waals surface area contributed by atoms with E-state index in [1.54, 1.807) is 6.92 Å². The molecule has 3 nitrogen and oxygen atoms in total. The Balaban J connectivity index is -0.00000162. The standard InChI is InChI=1S/C16H33NO2.Na.H/c1-3-4-5-6-7-8-9-10-11-12-13-14-17-15(2)16(18)19;;/h15,17H,3-14H2,1-2H3,(H,18,19);;/q;+1;-1. The van der Waals surface area contributed by atoms with Gasteiger partial charge in [-0.3, -0.25) is 4.79 Å². The average Bonchev–Trinajstić information content (AvgIpc) is 2.39. The summed E-state index contributed by atoms with van der Waals surface area (Å²) in [6.45, 7) is 4.78. The van der Waals surface area contributed by atoms with Crippen LogP contribution in [0, 0.1) is 0 Å². The van der Waals surface area contributed by atoms with E-state index in [-0.39, 0.29) is 31.0 Å². The quantitative estimate of drug-likeness (QED) is 0.377. The normalized spacial score (nSPS) is 11.9. The number of carboxylic acids is 1. The zero-order valence-electron chi connectivity index (χ0n) is 14.9. The van der Waals surface area contributed by atoms with E-state index in [0.29, 0.717) is 0 Å². The van der Waals surface area contributed by atoms with E-state index >= 15 is 0 Å². The second-order valence-corrected chi connectivity index (χ2v) is 5.55. The van der Waals surface area contributed by atoms with Gasteiger partial charge in [0.15, 0.2) is 0 Å². The van der Waals surface area contributed by atoms with Crippen molar-refractivity contribution < 1.29 is 40.9 Å². The van der Waals surface area contributed by atoms with Crippen LogP contribution in [0.2, 0.25) is 0 Å². The summed E-state index contributed by atoms with van der Waals surface area (Å²) in [4.78, 5) is 10.6. The summed E-state index contributed by atoms with van der Waals surface area (Å²) < 4.78 is 0. The number of hydrogen-bond donors (Lipinski definition) is 2. The van der Waals surface area contributed by atoms with Crippen LogP contribution in [0.4, 0.5) is 0 Å². The van der Waals surface area contributed by atoms with Crippen LogP contribution in [0.15, 0.2) is 0 Å². The van der Waals surface area contributed by atoms with Gasteiger partial charge in [-0.05, 0) is 19.9 Å². The summed E-state index contributed by atoms with van der Waals surface area (Å²) in [6.07, 6.45) is 14.6. The Kier molecular flexibility index (Phi) is 19.8. The summed E-state index contributed by atoms with van der Waals surface area (Å²) in [5.74, 6) is -0.761. The molecule has 0 saturated heterocycles. The molecular formula is C16H34NNaO2. The van der Waals surface area contributed by atoms with Crippen LogP contribution in [-0.4, -0.2) is 23.7 Å². The molecule has 1 unspecified atom stereocenters. The molecule has 0 spiro atoms. The minimum Gasteiger partial charge on any atom is -1.00 e. The van der Waals surface area contributed by atoms with E-state index < -0.39 is 12.0 Å². The van der Waals surface area contributed by atoms with E-state index in [1.807, 2.05) is 0 Å². The summed E-state index contributed by atoms with van der Waals surface area (Å²) in [5, 5.41) is 11.7. The van der Waals surface area contributed by atoms with Crippen LogP contribution in [0.25, 0.3) is 0 Å². The van der Waals surface area contributed by atoms with Gasteiger partial charge in [-0.1, -0.05) is 71.1 Å². The van der Waals surface area contributed by atoms with Gasteiger partial charge in [0.2, 0.25) is 0 Å². The maximum absolute atomic E-state index is 10.6. The van der Waals surface area contributed by atoms with E-state index in [4.69, 9.17) is 5.11 Å². The summed E-state index contributed by atoms with van der Waals surface area (Å²) >= 11 is 0. The smallest absolute Gasteiger partial charge is 1.00 e. The van der Waals surface area contributed by atoms with Crippen LogP contribution >= 0.6 is 0 Å². The minimum atomic E-state index is -0.761. The molecule has 0 aliphatic heterocycles. The zero-order valence-corrected chi connectivity index (χ0v) is 15.9. The molecule has 0 heterocycles. The van der Waals surface area contributed by atoms with Crippen LogP contribution in [0.5, 0.6) is 0 Å². The topological polar surface area (TPSA) is 49.3 Å². The predicted molar refractivity (Wildman–Crippen MR) is 82.7 cm³/mol. The first kappa shape index (κ1) is 22.7. The summed E-state index contributed by atoms with van der Waals surface area (Å²) in [7, 11) is 0. The van der Waals surface area contributed by atoms with E-state index in [0.717, 1.165) is 13.0 Å². The number of aliphatic carboxylic acids is 1. The molecule has 0 rings (SSSR count). The number of carbonyl (C=O) groups is 1. The van der Waals surface area contributed by atoms with Crippen molar-refractivity contribution in [3.8, 4) is 0 Å². The van der Waals surface area contributed by atoms with Crippen LogP contribution in [0.1, 0.15) is 85.9 Å². The molecule has 0 aromatic rings. The number of nitrogens with one attached hydrogen (secondary N) is 1. The van der Waals surface area contributed by atoms with Crippen molar-refractivity contribution >= 4 is 5.97 Å². The summed E-state index contributed by atoms with van der Waals surface area (Å²) in [6, 6.07) is -0.414. The second kappa shape index (κ2) is 17.5. The van der Waals surface area contributed by atoms with Crippen LogP contribution in [0.3, 0.4) is 0 Å². The Morgan fingerprint density at radius 2 is 1.35 bits per heavy atom. The van der Waals surface area contributed by atoms with E-state index in [1.165, 1.54) is 64.2 Å². The molecule has 0 bridgehead atoms. The van der Waals surface area contributed by atoms with Gasteiger partial charge in [0.25, 0.3) is 0 Å². The predicted octanol–water partition coefficient (Wildman–Crippen LogP) is 1.48. The van der Waals surface area contributed by atoms with Crippen molar-refractivity contribution in [2.75, 3.05) is 6.54 Å². The molecule has 0 aliphatic carbocycles. The number of rotatable bonds is 14. The number of unbranched alkanes of at least 4 members (excludes halogenated alkanes) is 10. The third-order valence-corrected chi connectivity index (χ3v) is 3.60. The van der Waals surface area contributed by atoms with Crippen molar-refractivity contribution in [3.63, 3.8) is 0 Å². The Labute approximate surface area is 149 Å². The molecule has 0 saturated carbocycles. The van der Waals surface area contributed by atoms with Gasteiger partial charge in [0.1, 0.15) is 6.04 Å². The largest absolute Gasteiger partial charge is 1.00 e. The maximum Gasteiger partial charge on any atom is 1.00 e. The minimum absolute atomic E-state index is 0. The summed E-state index contributed by atoms with van der Waals surface area (Å²) in [5.41, 5.74) is 0. The van der Waals surface area contributed by atoms with Crippen LogP contribution in [-0.2, 0) is 4.79 Å². The van der Waals surface area contributed by atoms with Crippen molar-refractivity contribution in [1.29, 1.82) is 0 Å². The fourth-order valence-electron chi connectivity index (χ4n) is 2.20. The number of hydrogen-bond acceptors (Lipinski definition) is 2. The molecule has 2 N–H and O–H groups in total. The van der Waals surface area contributed by atoms with Gasteiger partial charge >= 0.3 is 35.5 Å². The van der Waals surface area contributed by atoms with E-state index in [9.17, 15) is 4.79 Å². The molecule has 1 atom stereocenters. The molecule has 0 aliphatic rings. The van der Waals surface area contributed by atoms with E-state index in [2.05, 4.69) is 12.2 Å². The Morgan fingerprint density at radius 3 is 1.75 bits per heavy atom. The first-order valence-corrected chi connectivity index (χ1v) is 8.14. The Morgan fingerprint density at radius 1 is 0.950 bits per heavy atom. The van der Waals surface area contributed by atoms with Gasteiger partial charge in [-0.15, -0.1) is 0 Å². The molecule has 20 heavy (non-hydrogen) atoms. The second-order valence-electron chi connectivity index (χ2n) is 5.55. The van der Waals surface area contributed by atoms with Gasteiger partial charge in [0, 0.05) is 0 Å². The Hall–Kier alpha value is 0.430. The first-order valence-electron chi connectivity index (χ1n) is 8.14. The molecule has 0 aromatic heterocycles. The molecule has 116 valence electrons. The SMILES string of the molecule is CCCCCCCCCCCCCNC(C)C(=O)O.[H-].[Na+]. The molecule has 4 heteroatoms. The van der Waals surface area contributed by atoms with Gasteiger partial charge in [-0.25, -0.2) is 0 Å². The van der Waals surface area contributed by atoms with Crippen LogP contribution < -0.4 is 34.9 Å². The zero-order chi connectivity index (χ0) is 14.3. The fraction of sp³-hybridized carbons (Fsp3) is 0.938. The molecule has 0 aromatic carbocycles. The Bertz CT molecular complexity index is 218. The van der Waals surface area contributed by atoms with Gasteiger partial charge in [-0.2, -0.15) is 0 Å². The maximum atomic E-state index is 10.6. The fourth-order valence-corrected chi connectivity index (χ4v) is 2.20. The first-order chi connectivity index (χ1) is 9.18. The molecule has 0 radical (unpaired) electrons. The third-order valence-electron chi connectivity index (χ3n) is 3.60. The van der Waals surface area contributed by atoms with Gasteiger partial charge in [0.05, 0.1) is 0 Å². The van der Waals surface area contributed by atoms with Gasteiger partial charge < -0.3 is 11.8 Å². The third kappa shape index (κ3) is 16.5. The van der Waals surface area contributed by atoms with Crippen molar-refractivity contribution in [2.45, 2.75) is 90.5 Å². The molecule has 0 fully saturated rings.